The molecule has 4 heteroatoms. The van der Waals surface area contributed by atoms with Crippen molar-refractivity contribution in [1.82, 2.24) is 9.97 Å². The summed E-state index contributed by atoms with van der Waals surface area (Å²) in [6, 6.07) is 12.0. The van der Waals surface area contributed by atoms with E-state index in [-0.39, 0.29) is 11.3 Å². The third-order valence-electron chi connectivity index (χ3n) is 5.06. The molecule has 0 unspecified atom stereocenters. The fraction of sp³-hybridized carbons (Fsp3) is 0.421. The first kappa shape index (κ1) is 14.4. The van der Waals surface area contributed by atoms with E-state index in [1.807, 2.05) is 31.2 Å². The highest BCUT2D eigenvalue weighted by molar-refractivity contribution is 5.99. The first-order valence-electron chi connectivity index (χ1n) is 8.40. The van der Waals surface area contributed by atoms with Gasteiger partial charge in [-0.3, -0.25) is 4.79 Å². The molecule has 0 aliphatic heterocycles. The molecule has 2 aliphatic carbocycles. The van der Waals surface area contributed by atoms with Gasteiger partial charge >= 0.3 is 0 Å². The fourth-order valence-electron chi connectivity index (χ4n) is 3.41. The molecule has 4 rings (SSSR count). The van der Waals surface area contributed by atoms with Crippen molar-refractivity contribution in [3.8, 4) is 0 Å². The second-order valence-electron chi connectivity index (χ2n) is 6.76. The van der Waals surface area contributed by atoms with Crippen LogP contribution in [-0.2, 0) is 10.2 Å². The van der Waals surface area contributed by atoms with Gasteiger partial charge in [0.05, 0.1) is 5.41 Å². The molecule has 23 heavy (non-hydrogen) atoms. The molecule has 1 aromatic carbocycles. The van der Waals surface area contributed by atoms with E-state index in [1.165, 1.54) is 12.8 Å². The first-order chi connectivity index (χ1) is 11.2. The predicted molar refractivity (Wildman–Crippen MR) is 89.3 cm³/mol. The second-order valence-corrected chi connectivity index (χ2v) is 6.76. The molecule has 0 bridgehead atoms. The van der Waals surface area contributed by atoms with Crippen molar-refractivity contribution in [2.75, 3.05) is 5.32 Å². The minimum absolute atomic E-state index is 0.0646. The Morgan fingerprint density at radius 1 is 1.17 bits per heavy atom. The number of carbonyl (C=O) groups excluding carboxylic acids is 1. The summed E-state index contributed by atoms with van der Waals surface area (Å²) in [7, 11) is 0. The van der Waals surface area contributed by atoms with Crippen molar-refractivity contribution in [3.63, 3.8) is 0 Å². The van der Waals surface area contributed by atoms with Crippen molar-refractivity contribution < 1.29 is 4.79 Å². The lowest BCUT2D eigenvalue weighted by Gasteiger charge is -2.40. The fourth-order valence-corrected chi connectivity index (χ4v) is 3.41. The Kier molecular flexibility index (Phi) is 3.40. The van der Waals surface area contributed by atoms with Crippen LogP contribution in [0.3, 0.4) is 0 Å². The summed E-state index contributed by atoms with van der Waals surface area (Å²) in [5.74, 6) is 1.99. The van der Waals surface area contributed by atoms with Crippen molar-refractivity contribution >= 4 is 11.7 Å². The van der Waals surface area contributed by atoms with Crippen molar-refractivity contribution in [3.05, 3.63) is 53.5 Å². The Morgan fingerprint density at radius 3 is 2.52 bits per heavy atom. The van der Waals surface area contributed by atoms with Gasteiger partial charge in [-0.05, 0) is 38.2 Å². The largest absolute Gasteiger partial charge is 0.310 e. The number of aromatic nitrogens is 2. The number of anilines is 1. The number of carbonyl (C=O) groups is 1. The van der Waals surface area contributed by atoms with Crippen LogP contribution in [0.4, 0.5) is 5.82 Å². The summed E-state index contributed by atoms with van der Waals surface area (Å²) in [5.41, 5.74) is 1.78. The van der Waals surface area contributed by atoms with E-state index in [9.17, 15) is 4.79 Å². The lowest BCUT2D eigenvalue weighted by molar-refractivity contribution is -0.124. The van der Waals surface area contributed by atoms with Gasteiger partial charge < -0.3 is 5.32 Å². The Hall–Kier alpha value is -2.23. The smallest absolute Gasteiger partial charge is 0.236 e. The van der Waals surface area contributed by atoms with Crippen LogP contribution in [0, 0.1) is 6.92 Å². The average molecular weight is 307 g/mol. The minimum Gasteiger partial charge on any atom is -0.310 e. The van der Waals surface area contributed by atoms with E-state index in [1.54, 1.807) is 0 Å². The van der Waals surface area contributed by atoms with Crippen molar-refractivity contribution in [1.29, 1.82) is 0 Å². The van der Waals surface area contributed by atoms with Gasteiger partial charge in [-0.25, -0.2) is 9.97 Å². The summed E-state index contributed by atoms with van der Waals surface area (Å²) in [6.45, 7) is 1.89. The molecule has 1 aromatic heterocycles. The van der Waals surface area contributed by atoms with Gasteiger partial charge in [0.2, 0.25) is 5.91 Å². The number of hydrogen-bond donors (Lipinski definition) is 1. The summed E-state index contributed by atoms with van der Waals surface area (Å²) in [4.78, 5) is 21.9. The number of benzene rings is 1. The Morgan fingerprint density at radius 2 is 1.91 bits per heavy atom. The number of rotatable bonds is 4. The van der Waals surface area contributed by atoms with Crippen molar-refractivity contribution in [2.45, 2.75) is 50.4 Å². The molecule has 118 valence electrons. The number of nitrogens with one attached hydrogen (secondary N) is 1. The highest BCUT2D eigenvalue weighted by atomic mass is 16.2. The van der Waals surface area contributed by atoms with Gasteiger partial charge in [-0.1, -0.05) is 36.8 Å². The van der Waals surface area contributed by atoms with Gasteiger partial charge in [-0.15, -0.1) is 0 Å². The van der Waals surface area contributed by atoms with E-state index in [4.69, 9.17) is 0 Å². The van der Waals surface area contributed by atoms with Crippen LogP contribution in [0.1, 0.15) is 55.1 Å². The van der Waals surface area contributed by atoms with Gasteiger partial charge in [0.1, 0.15) is 11.6 Å². The molecule has 0 atom stereocenters. The maximum atomic E-state index is 13.0. The van der Waals surface area contributed by atoms with Gasteiger partial charge in [0.15, 0.2) is 0 Å². The molecule has 4 nitrogen and oxygen atoms in total. The molecule has 2 aromatic rings. The number of amides is 1. The summed E-state index contributed by atoms with van der Waals surface area (Å²) in [5, 5.41) is 3.06. The highest BCUT2D eigenvalue weighted by Crippen LogP contribution is 2.44. The van der Waals surface area contributed by atoms with Gasteiger partial charge in [0, 0.05) is 17.7 Å². The zero-order chi connectivity index (χ0) is 15.9. The second kappa shape index (κ2) is 5.44. The normalized spacial score (nSPS) is 19.0. The zero-order valence-electron chi connectivity index (χ0n) is 13.4. The molecule has 0 radical (unpaired) electrons. The molecule has 1 heterocycles. The summed E-state index contributed by atoms with van der Waals surface area (Å²) < 4.78 is 0. The molecule has 1 N–H and O–H groups in total. The number of nitrogens with zero attached hydrogens (tertiary/aromatic N) is 2. The van der Waals surface area contributed by atoms with Crippen LogP contribution >= 0.6 is 0 Å². The van der Waals surface area contributed by atoms with Gasteiger partial charge in [-0.2, -0.15) is 0 Å². The summed E-state index contributed by atoms with van der Waals surface area (Å²) in [6.07, 6.45) is 5.29. The molecule has 2 fully saturated rings. The van der Waals surface area contributed by atoms with Crippen LogP contribution in [0.25, 0.3) is 0 Å². The standard InChI is InChI=1S/C19H21N3O/c1-13-20-16(14-8-9-14)12-17(21-13)22-18(23)19(10-5-11-19)15-6-3-2-4-7-15/h2-4,6-7,12,14H,5,8-11H2,1H3,(H,20,21,22,23). The summed E-state index contributed by atoms with van der Waals surface area (Å²) >= 11 is 0. The Labute approximate surface area is 136 Å². The Balaban J connectivity index is 1.60. The molecule has 0 saturated heterocycles. The van der Waals surface area contributed by atoms with E-state index in [0.29, 0.717) is 11.7 Å². The topological polar surface area (TPSA) is 54.9 Å². The average Bonchev–Trinajstić information content (AvgIpc) is 3.31. The van der Waals surface area contributed by atoms with E-state index >= 15 is 0 Å². The molecule has 2 saturated carbocycles. The number of aryl methyl sites for hydroxylation is 1. The number of hydrogen-bond acceptors (Lipinski definition) is 3. The van der Waals surface area contributed by atoms with Crippen LogP contribution in [-0.4, -0.2) is 15.9 Å². The third-order valence-corrected chi connectivity index (χ3v) is 5.06. The van der Waals surface area contributed by atoms with Crippen LogP contribution in [0.2, 0.25) is 0 Å². The highest BCUT2D eigenvalue weighted by Gasteiger charge is 2.45. The lowest BCUT2D eigenvalue weighted by Crippen LogP contribution is -2.46. The van der Waals surface area contributed by atoms with Crippen LogP contribution < -0.4 is 5.32 Å². The first-order valence-corrected chi connectivity index (χ1v) is 8.40. The van der Waals surface area contributed by atoms with E-state index in [0.717, 1.165) is 36.3 Å². The monoisotopic (exact) mass is 307 g/mol. The maximum absolute atomic E-state index is 13.0. The Bertz CT molecular complexity index is 734. The predicted octanol–water partition coefficient (Wildman–Crippen LogP) is 3.72. The quantitative estimate of drug-likeness (QED) is 0.936. The molecule has 2 aliphatic rings. The van der Waals surface area contributed by atoms with E-state index in [2.05, 4.69) is 27.4 Å². The minimum atomic E-state index is -0.389. The van der Waals surface area contributed by atoms with Gasteiger partial charge in [0.25, 0.3) is 0 Å². The SMILES string of the molecule is Cc1nc(NC(=O)C2(c3ccccc3)CCC2)cc(C2CC2)n1. The molecule has 1 amide bonds. The van der Waals surface area contributed by atoms with E-state index < -0.39 is 0 Å². The molecule has 0 spiro atoms. The van der Waals surface area contributed by atoms with Crippen LogP contribution in [0.5, 0.6) is 0 Å². The molecular formula is C19H21N3O. The van der Waals surface area contributed by atoms with Crippen LogP contribution in [0.15, 0.2) is 36.4 Å². The zero-order valence-corrected chi connectivity index (χ0v) is 13.4. The maximum Gasteiger partial charge on any atom is 0.236 e. The van der Waals surface area contributed by atoms with Crippen molar-refractivity contribution in [2.24, 2.45) is 0 Å². The third kappa shape index (κ3) is 2.62. The molecular weight excluding hydrogens is 286 g/mol. The lowest BCUT2D eigenvalue weighted by atomic mass is 9.64.